The Hall–Kier alpha value is -0.970. The van der Waals surface area contributed by atoms with E-state index in [-0.39, 0.29) is 5.92 Å². The average Bonchev–Trinajstić information content (AvgIpc) is 3.50. The molecule has 1 aromatic carbocycles. The van der Waals surface area contributed by atoms with Gasteiger partial charge in [0.2, 0.25) is 5.91 Å². The second kappa shape index (κ2) is 9.45. The zero-order valence-electron chi connectivity index (χ0n) is 17.4. The highest BCUT2D eigenvalue weighted by Gasteiger charge is 2.44. The smallest absolute Gasteiger partial charge is 0.223 e. The largest absolute Gasteiger partial charge is 0.369 e. The van der Waals surface area contributed by atoms with Crippen molar-refractivity contribution in [2.75, 3.05) is 37.6 Å². The third kappa shape index (κ3) is 5.39. The van der Waals surface area contributed by atoms with Gasteiger partial charge in [-0.2, -0.15) is 0 Å². The molecule has 1 aromatic rings. The normalized spacial score (nSPS) is 30.2. The van der Waals surface area contributed by atoms with Gasteiger partial charge in [-0.25, -0.2) is 0 Å². The van der Waals surface area contributed by atoms with E-state index in [1.54, 1.807) is 0 Å². The van der Waals surface area contributed by atoms with Crippen LogP contribution in [-0.4, -0.2) is 49.6 Å². The standard InChI is InChI=1S/C23H33Cl2N3O/c1-2-16-3-5-18(6-4-16)26-23(29)20-13-17(20)15-27-9-11-28(12-10-27)19-7-8-21(24)22(25)14-19/h7-8,14,16-18,20H,2-6,9-13,15H2,1H3,(H,26,29)/t16?,17-,18?,20+/m0/s1. The van der Waals surface area contributed by atoms with Crippen LogP contribution in [-0.2, 0) is 4.79 Å². The Balaban J connectivity index is 1.17. The van der Waals surface area contributed by atoms with E-state index >= 15 is 0 Å². The van der Waals surface area contributed by atoms with Crippen LogP contribution < -0.4 is 10.2 Å². The highest BCUT2D eigenvalue weighted by atomic mass is 35.5. The predicted octanol–water partition coefficient (Wildman–Crippen LogP) is 4.84. The van der Waals surface area contributed by atoms with E-state index in [0.29, 0.717) is 27.9 Å². The van der Waals surface area contributed by atoms with Crippen molar-refractivity contribution in [2.45, 2.75) is 51.5 Å². The first-order valence-electron chi connectivity index (χ1n) is 11.3. The van der Waals surface area contributed by atoms with Crippen molar-refractivity contribution in [3.8, 4) is 0 Å². The summed E-state index contributed by atoms with van der Waals surface area (Å²) in [7, 11) is 0. The van der Waals surface area contributed by atoms with Gasteiger partial charge in [-0.1, -0.05) is 36.5 Å². The van der Waals surface area contributed by atoms with E-state index in [0.717, 1.165) is 63.6 Å². The third-order valence-corrected chi connectivity index (χ3v) is 7.90. The lowest BCUT2D eigenvalue weighted by molar-refractivity contribution is -0.123. The molecule has 4 nitrogen and oxygen atoms in total. The minimum atomic E-state index is 0.243. The highest BCUT2D eigenvalue weighted by molar-refractivity contribution is 6.42. The number of amides is 1. The van der Waals surface area contributed by atoms with Crippen molar-refractivity contribution in [2.24, 2.45) is 17.8 Å². The second-order valence-corrected chi connectivity index (χ2v) is 9.94. The van der Waals surface area contributed by atoms with Crippen molar-refractivity contribution < 1.29 is 4.79 Å². The van der Waals surface area contributed by atoms with Crippen LogP contribution in [0.3, 0.4) is 0 Å². The summed E-state index contributed by atoms with van der Waals surface area (Å²) in [6, 6.07) is 6.28. The fourth-order valence-corrected chi connectivity index (χ4v) is 5.29. The van der Waals surface area contributed by atoms with E-state index in [1.165, 1.54) is 19.3 Å². The molecule has 1 N–H and O–H groups in total. The van der Waals surface area contributed by atoms with Gasteiger partial charge in [-0.3, -0.25) is 9.69 Å². The minimum absolute atomic E-state index is 0.243. The number of hydrogen-bond acceptors (Lipinski definition) is 3. The Bertz CT molecular complexity index is 712. The molecule has 3 aliphatic rings. The molecule has 0 unspecified atom stereocenters. The van der Waals surface area contributed by atoms with Gasteiger partial charge in [0.25, 0.3) is 0 Å². The average molecular weight is 438 g/mol. The van der Waals surface area contributed by atoms with Crippen LogP contribution >= 0.6 is 23.2 Å². The maximum absolute atomic E-state index is 12.6. The Kier molecular flexibility index (Phi) is 6.93. The molecule has 3 fully saturated rings. The number of nitrogens with one attached hydrogen (secondary N) is 1. The van der Waals surface area contributed by atoms with Crippen molar-refractivity contribution >= 4 is 34.8 Å². The van der Waals surface area contributed by atoms with Crippen LogP contribution in [0, 0.1) is 17.8 Å². The molecule has 0 spiro atoms. The van der Waals surface area contributed by atoms with Crippen molar-refractivity contribution in [1.29, 1.82) is 0 Å². The highest BCUT2D eigenvalue weighted by Crippen LogP contribution is 2.40. The maximum Gasteiger partial charge on any atom is 0.223 e. The first kappa shape index (κ1) is 21.3. The Morgan fingerprint density at radius 3 is 2.45 bits per heavy atom. The fraction of sp³-hybridized carbons (Fsp3) is 0.696. The van der Waals surface area contributed by atoms with Crippen molar-refractivity contribution in [3.63, 3.8) is 0 Å². The van der Waals surface area contributed by atoms with Gasteiger partial charge in [-0.05, 0) is 62.1 Å². The van der Waals surface area contributed by atoms with Crippen molar-refractivity contribution in [1.82, 2.24) is 10.2 Å². The van der Waals surface area contributed by atoms with Gasteiger partial charge in [0, 0.05) is 50.4 Å². The minimum Gasteiger partial charge on any atom is -0.369 e. The maximum atomic E-state index is 12.6. The number of hydrogen-bond donors (Lipinski definition) is 1. The number of carbonyl (C=O) groups is 1. The quantitative estimate of drug-likeness (QED) is 0.691. The molecule has 1 heterocycles. The summed E-state index contributed by atoms with van der Waals surface area (Å²) >= 11 is 12.2. The van der Waals surface area contributed by atoms with Crippen molar-refractivity contribution in [3.05, 3.63) is 28.2 Å². The van der Waals surface area contributed by atoms with E-state index in [2.05, 4.69) is 22.0 Å². The number of halogens is 2. The van der Waals surface area contributed by atoms with E-state index in [4.69, 9.17) is 23.2 Å². The summed E-state index contributed by atoms with van der Waals surface area (Å²) in [4.78, 5) is 17.5. The van der Waals surface area contributed by atoms with Gasteiger partial charge >= 0.3 is 0 Å². The summed E-state index contributed by atoms with van der Waals surface area (Å²) < 4.78 is 0. The fourth-order valence-electron chi connectivity index (χ4n) is 5.00. The molecule has 2 aliphatic carbocycles. The molecular formula is C23H33Cl2N3O. The monoisotopic (exact) mass is 437 g/mol. The molecule has 6 heteroatoms. The lowest BCUT2D eigenvalue weighted by Gasteiger charge is -2.36. The topological polar surface area (TPSA) is 35.6 Å². The summed E-state index contributed by atoms with van der Waals surface area (Å²) in [6.45, 7) is 7.38. The lowest BCUT2D eigenvalue weighted by atomic mass is 9.84. The van der Waals surface area contributed by atoms with Crippen LogP contribution in [0.1, 0.15) is 45.4 Å². The van der Waals surface area contributed by atoms with Crippen LogP contribution in [0.25, 0.3) is 0 Å². The number of anilines is 1. The van der Waals surface area contributed by atoms with Crippen LogP contribution in [0.2, 0.25) is 10.0 Å². The van der Waals surface area contributed by atoms with Gasteiger partial charge < -0.3 is 10.2 Å². The second-order valence-electron chi connectivity index (χ2n) is 9.12. The van der Waals surface area contributed by atoms with E-state index < -0.39 is 0 Å². The predicted molar refractivity (Wildman–Crippen MR) is 121 cm³/mol. The molecule has 160 valence electrons. The first-order chi connectivity index (χ1) is 14.0. The zero-order valence-corrected chi connectivity index (χ0v) is 18.9. The number of piperazine rings is 1. The molecule has 4 rings (SSSR count). The number of benzene rings is 1. The van der Waals surface area contributed by atoms with E-state index in [9.17, 15) is 4.79 Å². The summed E-state index contributed by atoms with van der Waals surface area (Å²) in [6.07, 6.45) is 7.22. The van der Waals surface area contributed by atoms with Gasteiger partial charge in [0.05, 0.1) is 10.0 Å². The Morgan fingerprint density at radius 2 is 1.79 bits per heavy atom. The Labute approximate surface area is 184 Å². The van der Waals surface area contributed by atoms with Gasteiger partial charge in [0.15, 0.2) is 0 Å². The molecule has 0 radical (unpaired) electrons. The zero-order chi connectivity index (χ0) is 20.4. The SMILES string of the molecule is CCC1CCC(NC(=O)[C@@H]2C[C@H]2CN2CCN(c3ccc(Cl)c(Cl)c3)CC2)CC1. The van der Waals surface area contributed by atoms with Gasteiger partial charge in [-0.15, -0.1) is 0 Å². The number of rotatable bonds is 6. The van der Waals surface area contributed by atoms with Crippen LogP contribution in [0.4, 0.5) is 5.69 Å². The van der Waals surface area contributed by atoms with Gasteiger partial charge in [0.1, 0.15) is 0 Å². The molecule has 1 aliphatic heterocycles. The van der Waals surface area contributed by atoms with Crippen LogP contribution in [0.5, 0.6) is 0 Å². The number of nitrogens with zero attached hydrogens (tertiary/aromatic N) is 2. The summed E-state index contributed by atoms with van der Waals surface area (Å²) in [5.41, 5.74) is 1.14. The summed E-state index contributed by atoms with van der Waals surface area (Å²) in [5, 5.41) is 4.56. The Morgan fingerprint density at radius 1 is 1.07 bits per heavy atom. The molecule has 1 saturated heterocycles. The molecule has 2 saturated carbocycles. The molecular weight excluding hydrogens is 405 g/mol. The molecule has 0 bridgehead atoms. The molecule has 1 amide bonds. The number of carbonyl (C=O) groups excluding carboxylic acids is 1. The molecule has 2 atom stereocenters. The summed E-state index contributed by atoms with van der Waals surface area (Å²) in [5.74, 6) is 1.97. The van der Waals surface area contributed by atoms with Crippen LogP contribution in [0.15, 0.2) is 18.2 Å². The molecule has 0 aromatic heterocycles. The first-order valence-corrected chi connectivity index (χ1v) is 12.0. The third-order valence-electron chi connectivity index (χ3n) is 7.16. The lowest BCUT2D eigenvalue weighted by Crippen LogP contribution is -2.47. The van der Waals surface area contributed by atoms with E-state index in [1.807, 2.05) is 18.2 Å². The molecule has 29 heavy (non-hydrogen) atoms.